The largest absolute Gasteiger partial charge is 0.508 e. The van der Waals surface area contributed by atoms with Gasteiger partial charge in [0.2, 0.25) is 0 Å². The molecule has 0 bridgehead atoms. The maximum Gasteiger partial charge on any atom is 0.115 e. The third-order valence-corrected chi connectivity index (χ3v) is 7.70. The van der Waals surface area contributed by atoms with Gasteiger partial charge in [0.05, 0.1) is 0 Å². The highest BCUT2D eigenvalue weighted by molar-refractivity contribution is 5.91. The van der Waals surface area contributed by atoms with E-state index in [9.17, 15) is 5.11 Å². The third kappa shape index (κ3) is 4.99. The van der Waals surface area contributed by atoms with Crippen molar-refractivity contribution in [1.82, 2.24) is 4.90 Å². The number of hydrogen-bond donors (Lipinski definition) is 1. The van der Waals surface area contributed by atoms with E-state index in [1.807, 2.05) is 18.2 Å². The number of piperidine rings is 2. The summed E-state index contributed by atoms with van der Waals surface area (Å²) >= 11 is 0. The smallest absolute Gasteiger partial charge is 0.115 e. The molecule has 3 aromatic carbocycles. The van der Waals surface area contributed by atoms with Crippen LogP contribution in [-0.4, -0.2) is 43.2 Å². The Balaban J connectivity index is 1.35. The number of likely N-dealkylation sites (tertiary alicyclic amines) is 1. The lowest BCUT2D eigenvalue weighted by molar-refractivity contribution is 0.0945. The first-order valence-corrected chi connectivity index (χ1v) is 12.2. The molecule has 3 aromatic rings. The zero-order chi connectivity index (χ0) is 22.7. The van der Waals surface area contributed by atoms with Gasteiger partial charge < -0.3 is 14.9 Å². The second-order valence-electron chi connectivity index (χ2n) is 9.85. The molecule has 3 nitrogen and oxygen atoms in total. The summed E-state index contributed by atoms with van der Waals surface area (Å²) in [5.41, 5.74) is 6.53. The van der Waals surface area contributed by atoms with E-state index in [0.29, 0.717) is 11.2 Å². The van der Waals surface area contributed by atoms with Gasteiger partial charge in [-0.2, -0.15) is 0 Å². The van der Waals surface area contributed by atoms with Gasteiger partial charge in [-0.3, -0.25) is 0 Å². The lowest BCUT2D eigenvalue weighted by Crippen LogP contribution is -2.46. The first-order chi connectivity index (χ1) is 16.1. The monoisotopic (exact) mass is 438 g/mol. The summed E-state index contributed by atoms with van der Waals surface area (Å²) < 4.78 is 0. The highest BCUT2D eigenvalue weighted by atomic mass is 16.3. The third-order valence-electron chi connectivity index (χ3n) is 7.70. The van der Waals surface area contributed by atoms with Crippen molar-refractivity contribution < 1.29 is 5.11 Å². The minimum absolute atomic E-state index is 0.292. The first-order valence-electron chi connectivity index (χ1n) is 12.2. The van der Waals surface area contributed by atoms with Crippen molar-refractivity contribution in [1.29, 1.82) is 0 Å². The van der Waals surface area contributed by atoms with Crippen molar-refractivity contribution in [3.63, 3.8) is 0 Å². The average molecular weight is 439 g/mol. The number of anilines is 1. The van der Waals surface area contributed by atoms with Crippen LogP contribution in [0, 0.1) is 5.41 Å². The first kappa shape index (κ1) is 21.8. The molecule has 0 saturated carbocycles. The van der Waals surface area contributed by atoms with Crippen molar-refractivity contribution in [2.75, 3.05) is 38.1 Å². The number of rotatable bonds is 4. The van der Waals surface area contributed by atoms with E-state index >= 15 is 0 Å². The fraction of sp³-hybridized carbons (Fsp3) is 0.333. The van der Waals surface area contributed by atoms with Crippen LogP contribution in [0.5, 0.6) is 5.75 Å². The van der Waals surface area contributed by atoms with E-state index in [-0.39, 0.29) is 0 Å². The Morgan fingerprint density at radius 1 is 0.727 bits per heavy atom. The molecule has 33 heavy (non-hydrogen) atoms. The number of benzene rings is 3. The van der Waals surface area contributed by atoms with Crippen LogP contribution in [0.1, 0.15) is 42.4 Å². The van der Waals surface area contributed by atoms with Gasteiger partial charge in [0.1, 0.15) is 5.75 Å². The zero-order valence-electron chi connectivity index (χ0n) is 19.6. The van der Waals surface area contributed by atoms with Gasteiger partial charge in [-0.05, 0) is 104 Å². The normalized spacial score (nSPS) is 19.1. The number of hydrogen-bond acceptors (Lipinski definition) is 3. The summed E-state index contributed by atoms with van der Waals surface area (Å²) in [6, 6.07) is 27.0. The summed E-state index contributed by atoms with van der Waals surface area (Å²) in [6.07, 6.45) is 7.57. The molecule has 2 fully saturated rings. The Hall–Kier alpha value is -3.04. The van der Waals surface area contributed by atoms with Crippen LogP contribution in [0.3, 0.4) is 0 Å². The van der Waals surface area contributed by atoms with E-state index in [1.54, 1.807) is 12.1 Å². The standard InChI is InChI=1S/C30H34N2O/c1-31-19-15-30(16-20-31)17-21-32(22-18-30)27-11-7-25(8-12-27)29(23-24-5-3-2-4-6-24)26-9-13-28(33)14-10-26/h2-14,23,33H,15-22H2,1H3/b29-23+. The van der Waals surface area contributed by atoms with Gasteiger partial charge in [0.15, 0.2) is 0 Å². The summed E-state index contributed by atoms with van der Waals surface area (Å²) in [5, 5.41) is 9.76. The lowest BCUT2D eigenvalue weighted by atomic mass is 9.71. The summed E-state index contributed by atoms with van der Waals surface area (Å²) in [4.78, 5) is 5.04. The van der Waals surface area contributed by atoms with Gasteiger partial charge >= 0.3 is 0 Å². The molecule has 170 valence electrons. The summed E-state index contributed by atoms with van der Waals surface area (Å²) in [5.74, 6) is 0.292. The van der Waals surface area contributed by atoms with Crippen LogP contribution in [0.25, 0.3) is 11.6 Å². The maximum atomic E-state index is 9.76. The van der Waals surface area contributed by atoms with Crippen LogP contribution in [-0.2, 0) is 0 Å². The second-order valence-corrected chi connectivity index (χ2v) is 9.85. The maximum absolute atomic E-state index is 9.76. The molecule has 0 aromatic heterocycles. The topological polar surface area (TPSA) is 26.7 Å². The molecule has 0 radical (unpaired) electrons. The zero-order valence-corrected chi connectivity index (χ0v) is 19.6. The average Bonchev–Trinajstić information content (AvgIpc) is 2.87. The second kappa shape index (κ2) is 9.44. The summed E-state index contributed by atoms with van der Waals surface area (Å²) in [7, 11) is 2.25. The Kier molecular flexibility index (Phi) is 6.24. The number of phenolic OH excluding ortho intramolecular Hbond substituents is 1. The number of aromatic hydroxyl groups is 1. The molecule has 0 unspecified atom stereocenters. The van der Waals surface area contributed by atoms with E-state index in [1.165, 1.54) is 55.6 Å². The molecule has 0 amide bonds. The highest BCUT2D eigenvalue weighted by Crippen LogP contribution is 2.42. The van der Waals surface area contributed by atoms with Gasteiger partial charge in [-0.1, -0.05) is 54.6 Å². The van der Waals surface area contributed by atoms with Gasteiger partial charge in [0, 0.05) is 18.8 Å². The van der Waals surface area contributed by atoms with Crippen molar-refractivity contribution in [3.8, 4) is 5.75 Å². The van der Waals surface area contributed by atoms with Crippen LogP contribution in [0.4, 0.5) is 5.69 Å². The molecule has 0 aliphatic carbocycles. The van der Waals surface area contributed by atoms with E-state index in [4.69, 9.17) is 0 Å². The Morgan fingerprint density at radius 2 is 1.27 bits per heavy atom. The summed E-state index contributed by atoms with van der Waals surface area (Å²) in [6.45, 7) is 4.83. The molecule has 2 heterocycles. The van der Waals surface area contributed by atoms with Crippen molar-refractivity contribution in [2.24, 2.45) is 5.41 Å². The number of phenols is 1. The predicted octanol–water partition coefficient (Wildman–Crippen LogP) is 6.29. The van der Waals surface area contributed by atoms with E-state index in [2.05, 4.69) is 71.5 Å². The van der Waals surface area contributed by atoms with Gasteiger partial charge in [-0.25, -0.2) is 0 Å². The van der Waals surface area contributed by atoms with Crippen molar-refractivity contribution in [3.05, 3.63) is 95.6 Å². The SMILES string of the molecule is CN1CCC2(CC1)CCN(c1ccc(/C(=C\c3ccccc3)c3ccc(O)cc3)cc1)CC2. The highest BCUT2D eigenvalue weighted by Gasteiger charge is 2.36. The van der Waals surface area contributed by atoms with Crippen LogP contribution in [0.15, 0.2) is 78.9 Å². The molecule has 3 heteroatoms. The Bertz CT molecular complexity index is 1070. The van der Waals surface area contributed by atoms with E-state index in [0.717, 1.165) is 24.2 Å². The fourth-order valence-electron chi connectivity index (χ4n) is 5.37. The van der Waals surface area contributed by atoms with Crippen LogP contribution < -0.4 is 4.90 Å². The van der Waals surface area contributed by atoms with Gasteiger partial charge in [-0.15, -0.1) is 0 Å². The van der Waals surface area contributed by atoms with Gasteiger partial charge in [0.25, 0.3) is 0 Å². The number of nitrogens with zero attached hydrogens (tertiary/aromatic N) is 2. The molecule has 0 atom stereocenters. The molecule has 1 spiro atoms. The van der Waals surface area contributed by atoms with Crippen molar-refractivity contribution >= 4 is 17.3 Å². The van der Waals surface area contributed by atoms with Crippen molar-refractivity contribution in [2.45, 2.75) is 25.7 Å². The molecule has 2 aliphatic rings. The molecular weight excluding hydrogens is 404 g/mol. The quantitative estimate of drug-likeness (QED) is 0.485. The van der Waals surface area contributed by atoms with Crippen LogP contribution in [0.2, 0.25) is 0 Å². The molecular formula is C30H34N2O. The Morgan fingerprint density at radius 3 is 1.88 bits per heavy atom. The van der Waals surface area contributed by atoms with E-state index < -0.39 is 0 Å². The molecule has 2 saturated heterocycles. The molecule has 2 aliphatic heterocycles. The fourth-order valence-corrected chi connectivity index (χ4v) is 5.37. The van der Waals surface area contributed by atoms with Crippen LogP contribution >= 0.6 is 0 Å². The predicted molar refractivity (Wildman–Crippen MR) is 139 cm³/mol. The molecule has 5 rings (SSSR count). The Labute approximate surface area is 198 Å². The molecule has 1 N–H and O–H groups in total. The lowest BCUT2D eigenvalue weighted by Gasteiger charge is -2.46. The minimum Gasteiger partial charge on any atom is -0.508 e. The minimum atomic E-state index is 0.292.